The highest BCUT2D eigenvalue weighted by Crippen LogP contribution is 2.31. The Morgan fingerprint density at radius 1 is 1.27 bits per heavy atom. The number of nitrogen functional groups attached to an aromatic ring is 1. The van der Waals surface area contributed by atoms with Gasteiger partial charge < -0.3 is 10.3 Å². The summed E-state index contributed by atoms with van der Waals surface area (Å²) in [6.07, 6.45) is 2.05. The van der Waals surface area contributed by atoms with Crippen LogP contribution in [-0.4, -0.2) is 14.5 Å². The summed E-state index contributed by atoms with van der Waals surface area (Å²) in [6.45, 7) is 0.584. The molecule has 5 nitrogen and oxygen atoms in total. The van der Waals surface area contributed by atoms with E-state index >= 15 is 0 Å². The highest BCUT2D eigenvalue weighted by atomic mass is 79.9. The van der Waals surface area contributed by atoms with E-state index in [4.69, 9.17) is 5.73 Å². The number of nitriles is 1. The summed E-state index contributed by atoms with van der Waals surface area (Å²) in [7, 11) is 0. The number of halogens is 2. The first kappa shape index (κ1) is 14.5. The van der Waals surface area contributed by atoms with Gasteiger partial charge in [0.1, 0.15) is 34.3 Å². The van der Waals surface area contributed by atoms with Gasteiger partial charge in [0, 0.05) is 6.54 Å². The van der Waals surface area contributed by atoms with Crippen molar-refractivity contribution in [2.45, 2.75) is 13.0 Å². The van der Waals surface area contributed by atoms with Gasteiger partial charge in [-0.25, -0.2) is 14.4 Å². The van der Waals surface area contributed by atoms with Crippen LogP contribution in [0.3, 0.4) is 0 Å². The van der Waals surface area contributed by atoms with Crippen LogP contribution in [0, 0.1) is 17.1 Å². The molecule has 2 aromatic heterocycles. The highest BCUT2D eigenvalue weighted by molar-refractivity contribution is 9.10. The summed E-state index contributed by atoms with van der Waals surface area (Å²) in [5.74, 6) is 0.0198. The molecule has 110 valence electrons. The average Bonchev–Trinajstić information content (AvgIpc) is 2.79. The van der Waals surface area contributed by atoms with E-state index in [2.05, 4.69) is 32.0 Å². The highest BCUT2D eigenvalue weighted by Gasteiger charge is 2.18. The number of benzene rings is 1. The fraction of sp³-hybridized carbons (Fsp3) is 0.133. The number of hydrogen-bond acceptors (Lipinski definition) is 4. The van der Waals surface area contributed by atoms with Crippen molar-refractivity contribution in [1.82, 2.24) is 14.5 Å². The van der Waals surface area contributed by atoms with Gasteiger partial charge in [0.05, 0.1) is 10.9 Å². The van der Waals surface area contributed by atoms with Crippen LogP contribution in [0.15, 0.2) is 35.2 Å². The Morgan fingerprint density at radius 2 is 2.00 bits per heavy atom. The van der Waals surface area contributed by atoms with Crippen molar-refractivity contribution < 1.29 is 4.39 Å². The second-order valence-corrected chi connectivity index (χ2v) is 5.51. The predicted octanol–water partition coefficient (Wildman–Crippen LogP) is 3.03. The maximum absolute atomic E-state index is 12.9. The molecule has 0 spiro atoms. The van der Waals surface area contributed by atoms with Crippen molar-refractivity contribution in [3.8, 4) is 6.07 Å². The van der Waals surface area contributed by atoms with E-state index in [9.17, 15) is 9.65 Å². The zero-order chi connectivity index (χ0) is 15.7. The van der Waals surface area contributed by atoms with Crippen molar-refractivity contribution >= 4 is 32.8 Å². The Hall–Kier alpha value is -2.46. The second-order valence-electron chi connectivity index (χ2n) is 4.76. The molecule has 3 rings (SSSR count). The van der Waals surface area contributed by atoms with Crippen molar-refractivity contribution in [3.05, 3.63) is 52.1 Å². The van der Waals surface area contributed by atoms with Gasteiger partial charge in [-0.05, 0) is 40.0 Å². The monoisotopic (exact) mass is 359 g/mol. The van der Waals surface area contributed by atoms with Crippen LogP contribution < -0.4 is 5.73 Å². The molecule has 0 saturated carbocycles. The first-order chi connectivity index (χ1) is 10.6. The van der Waals surface area contributed by atoms with Crippen molar-refractivity contribution in [3.63, 3.8) is 0 Å². The van der Waals surface area contributed by atoms with Crippen LogP contribution in [0.2, 0.25) is 0 Å². The number of fused-ring (bicyclic) bond motifs is 1. The van der Waals surface area contributed by atoms with Gasteiger partial charge in [0.25, 0.3) is 0 Å². The molecular formula is C15H11BrFN5. The van der Waals surface area contributed by atoms with E-state index in [0.29, 0.717) is 34.2 Å². The van der Waals surface area contributed by atoms with Gasteiger partial charge in [-0.3, -0.25) is 0 Å². The lowest BCUT2D eigenvalue weighted by Gasteiger charge is -2.07. The molecule has 1 aromatic carbocycles. The summed E-state index contributed by atoms with van der Waals surface area (Å²) in [6, 6.07) is 8.47. The number of aryl methyl sites for hydroxylation is 2. The molecular weight excluding hydrogens is 349 g/mol. The number of nitrogens with two attached hydrogens (primary N) is 1. The number of rotatable bonds is 3. The Balaban J connectivity index is 2.01. The molecule has 7 heteroatoms. The van der Waals surface area contributed by atoms with E-state index in [-0.39, 0.29) is 11.6 Å². The van der Waals surface area contributed by atoms with E-state index in [1.165, 1.54) is 18.5 Å². The van der Waals surface area contributed by atoms with Gasteiger partial charge in [0.15, 0.2) is 0 Å². The lowest BCUT2D eigenvalue weighted by atomic mass is 10.1. The van der Waals surface area contributed by atoms with Crippen LogP contribution in [0.25, 0.3) is 11.0 Å². The molecule has 0 saturated heterocycles. The number of hydrogen-bond donors (Lipinski definition) is 1. The van der Waals surface area contributed by atoms with E-state index in [1.54, 1.807) is 12.1 Å². The quantitative estimate of drug-likeness (QED) is 0.779. The number of nitrogens with zero attached hydrogens (tertiary/aromatic N) is 4. The zero-order valence-electron chi connectivity index (χ0n) is 11.4. The summed E-state index contributed by atoms with van der Waals surface area (Å²) in [5, 5.41) is 9.88. The van der Waals surface area contributed by atoms with Crippen LogP contribution in [0.1, 0.15) is 11.1 Å². The minimum atomic E-state index is -0.261. The smallest absolute Gasteiger partial charge is 0.147 e. The molecule has 0 aliphatic heterocycles. The Morgan fingerprint density at radius 3 is 2.68 bits per heavy atom. The molecule has 0 bridgehead atoms. The van der Waals surface area contributed by atoms with Crippen molar-refractivity contribution in [2.75, 3.05) is 5.73 Å². The first-order valence-electron chi connectivity index (χ1n) is 6.54. The average molecular weight is 360 g/mol. The minimum Gasteiger partial charge on any atom is -0.383 e. The molecule has 0 atom stereocenters. The third kappa shape index (κ3) is 2.42. The molecule has 2 N–H and O–H groups in total. The van der Waals surface area contributed by atoms with E-state index in [1.807, 2.05) is 4.57 Å². The fourth-order valence-corrected chi connectivity index (χ4v) is 3.00. The standard InChI is InChI=1S/C15H11BrFN5/c16-13-11(7-18)12-14(19)20-8-21-15(12)22(13)6-5-9-1-3-10(17)4-2-9/h1-4,8H,5-6H2,(H2,19,20,21). The molecule has 0 amide bonds. The molecule has 0 fully saturated rings. The lowest BCUT2D eigenvalue weighted by Crippen LogP contribution is -2.03. The molecule has 2 heterocycles. The largest absolute Gasteiger partial charge is 0.383 e. The van der Waals surface area contributed by atoms with Gasteiger partial charge in [-0.1, -0.05) is 12.1 Å². The molecule has 0 aliphatic rings. The topological polar surface area (TPSA) is 80.5 Å². The predicted molar refractivity (Wildman–Crippen MR) is 84.5 cm³/mol. The van der Waals surface area contributed by atoms with Crippen molar-refractivity contribution in [1.29, 1.82) is 5.26 Å². The van der Waals surface area contributed by atoms with Gasteiger partial charge in [-0.2, -0.15) is 5.26 Å². The molecule has 3 aromatic rings. The van der Waals surface area contributed by atoms with E-state index < -0.39 is 0 Å². The second kappa shape index (κ2) is 5.73. The normalized spacial score (nSPS) is 10.8. The number of aromatic nitrogens is 3. The lowest BCUT2D eigenvalue weighted by molar-refractivity contribution is 0.625. The van der Waals surface area contributed by atoms with Crippen LogP contribution in [-0.2, 0) is 13.0 Å². The third-order valence-corrected chi connectivity index (χ3v) is 4.28. The van der Waals surface area contributed by atoms with Crippen molar-refractivity contribution in [2.24, 2.45) is 0 Å². The Labute approximate surface area is 134 Å². The Bertz CT molecular complexity index is 880. The SMILES string of the molecule is N#Cc1c(Br)n(CCc2ccc(F)cc2)c2ncnc(N)c12. The maximum atomic E-state index is 12.9. The summed E-state index contributed by atoms with van der Waals surface area (Å²) in [5.41, 5.74) is 7.89. The zero-order valence-corrected chi connectivity index (χ0v) is 13.0. The molecule has 0 aliphatic carbocycles. The molecule has 0 radical (unpaired) electrons. The summed E-state index contributed by atoms with van der Waals surface area (Å²) in [4.78, 5) is 8.17. The fourth-order valence-electron chi connectivity index (χ4n) is 2.36. The molecule has 22 heavy (non-hydrogen) atoms. The molecule has 0 unspecified atom stereocenters. The summed E-state index contributed by atoms with van der Waals surface area (Å²) >= 11 is 3.43. The first-order valence-corrected chi connectivity index (χ1v) is 7.34. The minimum absolute atomic E-state index is 0.261. The Kier molecular flexibility index (Phi) is 3.77. The van der Waals surface area contributed by atoms with Gasteiger partial charge in [0.2, 0.25) is 0 Å². The van der Waals surface area contributed by atoms with E-state index in [0.717, 1.165) is 5.56 Å². The van der Waals surface area contributed by atoms with Crippen LogP contribution in [0.4, 0.5) is 10.2 Å². The maximum Gasteiger partial charge on any atom is 0.147 e. The third-order valence-electron chi connectivity index (χ3n) is 3.45. The van der Waals surface area contributed by atoms with Crippen LogP contribution >= 0.6 is 15.9 Å². The summed E-state index contributed by atoms with van der Waals surface area (Å²) < 4.78 is 15.4. The van der Waals surface area contributed by atoms with Crippen LogP contribution in [0.5, 0.6) is 0 Å². The number of anilines is 1. The van der Waals surface area contributed by atoms with Gasteiger partial charge >= 0.3 is 0 Å². The van der Waals surface area contributed by atoms with Gasteiger partial charge in [-0.15, -0.1) is 0 Å².